The molecule has 0 aliphatic rings. The number of benzene rings is 2. The Bertz CT molecular complexity index is 1810. The number of para-hydroxylation sites is 2. The maximum Gasteiger partial charge on any atom is 0.345 e. The fourth-order valence-corrected chi connectivity index (χ4v) is 5.86. The van der Waals surface area contributed by atoms with Crippen LogP contribution in [0, 0.1) is 27.7 Å². The van der Waals surface area contributed by atoms with Crippen LogP contribution >= 0.6 is 23.5 Å². The fraction of sp³-hybridized carbons (Fsp3) is 0.207. The fourth-order valence-electron chi connectivity index (χ4n) is 4.22. The predicted molar refractivity (Wildman–Crippen MR) is 165 cm³/mol. The van der Waals surface area contributed by atoms with E-state index in [1.807, 2.05) is 90.8 Å². The van der Waals surface area contributed by atoms with Gasteiger partial charge in [-0.25, -0.2) is 24.1 Å². The van der Waals surface area contributed by atoms with Crippen molar-refractivity contribution in [3.05, 3.63) is 96.1 Å². The SMILES string of the molecule is Cc1nn(-c2ccccc2)c(C)c1Sc1ncn(C(=O)N(C)C)n1.Cc1nn(-c2ccccc2)c(C)c1Sc1ncn[nH]1. The lowest BCUT2D eigenvalue weighted by molar-refractivity contribution is 0.215. The van der Waals surface area contributed by atoms with Crippen LogP contribution in [0.15, 0.2) is 93.4 Å². The molecule has 14 heteroatoms. The lowest BCUT2D eigenvalue weighted by atomic mass is 10.3. The highest BCUT2D eigenvalue weighted by molar-refractivity contribution is 7.99. The van der Waals surface area contributed by atoms with Gasteiger partial charge in [0.05, 0.1) is 43.9 Å². The van der Waals surface area contributed by atoms with Crippen LogP contribution in [0.5, 0.6) is 0 Å². The minimum atomic E-state index is -0.234. The predicted octanol–water partition coefficient (Wildman–Crippen LogP) is 5.52. The minimum Gasteiger partial charge on any atom is -0.329 e. The highest BCUT2D eigenvalue weighted by Gasteiger charge is 2.18. The Labute approximate surface area is 257 Å². The number of hydrogen-bond acceptors (Lipinski definition) is 9. The molecule has 2 aromatic carbocycles. The highest BCUT2D eigenvalue weighted by Crippen LogP contribution is 2.32. The molecule has 1 amide bonds. The van der Waals surface area contributed by atoms with Gasteiger partial charge < -0.3 is 4.90 Å². The van der Waals surface area contributed by atoms with E-state index in [-0.39, 0.29) is 6.03 Å². The van der Waals surface area contributed by atoms with Crippen molar-refractivity contribution in [2.45, 2.75) is 47.8 Å². The summed E-state index contributed by atoms with van der Waals surface area (Å²) in [6.45, 7) is 8.03. The van der Waals surface area contributed by atoms with Crippen LogP contribution in [0.3, 0.4) is 0 Å². The van der Waals surface area contributed by atoms with Gasteiger partial charge in [0.1, 0.15) is 12.7 Å². The molecule has 43 heavy (non-hydrogen) atoms. The van der Waals surface area contributed by atoms with Gasteiger partial charge in [0, 0.05) is 14.1 Å². The molecule has 0 aliphatic heterocycles. The third-order valence-corrected chi connectivity index (χ3v) is 8.64. The number of carbonyl (C=O) groups excluding carboxylic acids is 1. The van der Waals surface area contributed by atoms with Gasteiger partial charge in [-0.3, -0.25) is 5.10 Å². The molecule has 220 valence electrons. The number of amides is 1. The van der Waals surface area contributed by atoms with Crippen LogP contribution < -0.4 is 0 Å². The molecule has 0 atom stereocenters. The third kappa shape index (κ3) is 6.70. The van der Waals surface area contributed by atoms with Crippen LogP contribution in [-0.4, -0.2) is 74.5 Å². The molecule has 6 rings (SSSR count). The first-order valence-corrected chi connectivity index (χ1v) is 14.9. The van der Waals surface area contributed by atoms with Crippen molar-refractivity contribution in [3.63, 3.8) is 0 Å². The second-order valence-corrected chi connectivity index (χ2v) is 11.6. The van der Waals surface area contributed by atoms with E-state index in [2.05, 4.69) is 42.4 Å². The molecule has 0 fully saturated rings. The zero-order valence-electron chi connectivity index (χ0n) is 24.6. The Morgan fingerprint density at radius 2 is 1.28 bits per heavy atom. The lowest BCUT2D eigenvalue weighted by Gasteiger charge is -2.07. The Morgan fingerprint density at radius 3 is 1.77 bits per heavy atom. The average molecular weight is 614 g/mol. The second-order valence-electron chi connectivity index (χ2n) is 9.64. The van der Waals surface area contributed by atoms with Crippen LogP contribution in [-0.2, 0) is 0 Å². The highest BCUT2D eigenvalue weighted by atomic mass is 32.2. The molecule has 0 saturated heterocycles. The molecular formula is C29H31N11OS2. The molecule has 6 aromatic rings. The number of hydrogen-bond donors (Lipinski definition) is 1. The summed E-state index contributed by atoms with van der Waals surface area (Å²) in [6.07, 6.45) is 2.94. The van der Waals surface area contributed by atoms with Crippen molar-refractivity contribution in [2.75, 3.05) is 14.1 Å². The standard InChI is InChI=1S/C16H18N6OS.C13H13N5S/c1-11-14(12(2)22(18-11)13-8-6-5-7-9-13)24-15-17-10-21(19-15)16(23)20(3)4;1-9-12(19-13-14-8-15-16-13)10(2)18(17-9)11-6-4-3-5-7-11/h5-10H,1-4H3;3-8H,1-2H3,(H,14,15,16). The van der Waals surface area contributed by atoms with Crippen LogP contribution in [0.2, 0.25) is 0 Å². The van der Waals surface area contributed by atoms with E-state index in [4.69, 9.17) is 0 Å². The molecule has 4 heterocycles. The topological polar surface area (TPSA) is 128 Å². The van der Waals surface area contributed by atoms with Crippen molar-refractivity contribution in [3.8, 4) is 11.4 Å². The van der Waals surface area contributed by atoms with Crippen molar-refractivity contribution in [1.82, 2.24) is 54.4 Å². The summed E-state index contributed by atoms with van der Waals surface area (Å²) in [4.78, 5) is 23.8. The van der Waals surface area contributed by atoms with Crippen molar-refractivity contribution in [1.29, 1.82) is 0 Å². The number of nitrogens with one attached hydrogen (secondary N) is 1. The van der Waals surface area contributed by atoms with Gasteiger partial charge in [-0.2, -0.15) is 20.0 Å². The molecular weight excluding hydrogens is 583 g/mol. The van der Waals surface area contributed by atoms with E-state index in [0.717, 1.165) is 49.1 Å². The monoisotopic (exact) mass is 613 g/mol. The Morgan fingerprint density at radius 1 is 0.744 bits per heavy atom. The van der Waals surface area contributed by atoms with Gasteiger partial charge in [-0.15, -0.1) is 5.10 Å². The van der Waals surface area contributed by atoms with Gasteiger partial charge >= 0.3 is 6.03 Å². The summed E-state index contributed by atoms with van der Waals surface area (Å²) in [6, 6.07) is 19.8. The summed E-state index contributed by atoms with van der Waals surface area (Å²) in [5.74, 6) is 0. The number of nitrogens with zero attached hydrogens (tertiary/aromatic N) is 10. The van der Waals surface area contributed by atoms with Gasteiger partial charge in [-0.1, -0.05) is 36.4 Å². The summed E-state index contributed by atoms with van der Waals surface area (Å²) in [7, 11) is 3.35. The first-order valence-electron chi connectivity index (χ1n) is 13.3. The maximum absolute atomic E-state index is 11.9. The van der Waals surface area contributed by atoms with Gasteiger partial charge in [0.25, 0.3) is 0 Å². The van der Waals surface area contributed by atoms with Gasteiger partial charge in [0.15, 0.2) is 5.16 Å². The van der Waals surface area contributed by atoms with E-state index >= 15 is 0 Å². The third-order valence-electron chi connectivity index (χ3n) is 6.29. The van der Waals surface area contributed by atoms with E-state index in [1.165, 1.54) is 34.0 Å². The normalized spacial score (nSPS) is 10.8. The molecule has 0 saturated carbocycles. The number of aryl methyl sites for hydroxylation is 2. The first kappa shape index (κ1) is 29.8. The summed E-state index contributed by atoms with van der Waals surface area (Å²) >= 11 is 2.96. The van der Waals surface area contributed by atoms with Crippen LogP contribution in [0.4, 0.5) is 4.79 Å². The summed E-state index contributed by atoms with van der Waals surface area (Å²) in [5.41, 5.74) is 6.07. The molecule has 0 radical (unpaired) electrons. The van der Waals surface area contributed by atoms with E-state index in [9.17, 15) is 4.79 Å². The van der Waals surface area contributed by atoms with Crippen LogP contribution in [0.25, 0.3) is 11.4 Å². The smallest absolute Gasteiger partial charge is 0.329 e. The van der Waals surface area contributed by atoms with Gasteiger partial charge in [-0.05, 0) is 75.5 Å². The quantitative estimate of drug-likeness (QED) is 0.258. The molecule has 0 aliphatic carbocycles. The molecule has 1 N–H and O–H groups in total. The molecule has 0 unspecified atom stereocenters. The molecule has 0 bridgehead atoms. The Hall–Kier alpha value is -4.69. The number of aromatic nitrogens is 10. The van der Waals surface area contributed by atoms with Crippen molar-refractivity contribution in [2.24, 2.45) is 0 Å². The minimum absolute atomic E-state index is 0.234. The first-order chi connectivity index (χ1) is 20.7. The maximum atomic E-state index is 11.9. The largest absolute Gasteiger partial charge is 0.345 e. The summed E-state index contributed by atoms with van der Waals surface area (Å²) in [5, 5.41) is 21.4. The molecule has 12 nitrogen and oxygen atoms in total. The Kier molecular flexibility index (Phi) is 9.07. The number of H-pyrrole nitrogens is 1. The lowest BCUT2D eigenvalue weighted by Crippen LogP contribution is -2.27. The number of carbonyl (C=O) groups is 1. The van der Waals surface area contributed by atoms with E-state index in [1.54, 1.807) is 25.9 Å². The number of rotatable bonds is 6. The zero-order valence-corrected chi connectivity index (χ0v) is 26.3. The van der Waals surface area contributed by atoms with E-state index < -0.39 is 0 Å². The Balaban J connectivity index is 0.000000176. The second kappa shape index (κ2) is 13.1. The average Bonchev–Trinajstić information content (AvgIpc) is 3.81. The van der Waals surface area contributed by atoms with Crippen LogP contribution in [0.1, 0.15) is 22.8 Å². The zero-order chi connectivity index (χ0) is 30.5. The van der Waals surface area contributed by atoms with Crippen molar-refractivity contribution < 1.29 is 4.79 Å². The molecule has 0 spiro atoms. The van der Waals surface area contributed by atoms with Gasteiger partial charge in [0.2, 0.25) is 5.16 Å². The van der Waals surface area contributed by atoms with E-state index in [0.29, 0.717) is 5.16 Å². The molecule has 4 aromatic heterocycles. The number of aromatic amines is 1. The summed E-state index contributed by atoms with van der Waals surface area (Å²) < 4.78 is 5.09. The van der Waals surface area contributed by atoms with Crippen molar-refractivity contribution >= 4 is 29.6 Å².